The van der Waals surface area contributed by atoms with Crippen LogP contribution in [0.1, 0.15) is 49.7 Å². The van der Waals surface area contributed by atoms with Crippen molar-refractivity contribution < 1.29 is 9.47 Å². The van der Waals surface area contributed by atoms with E-state index in [-0.39, 0.29) is 0 Å². The molecule has 0 heterocycles. The minimum Gasteiger partial charge on any atom is -0.493 e. The number of hydrogen-bond donors (Lipinski definition) is 1. The van der Waals surface area contributed by atoms with Gasteiger partial charge in [-0.2, -0.15) is 0 Å². The Bertz CT molecular complexity index is 696. The average molecular weight is 374 g/mol. The molecule has 0 unspecified atom stereocenters. The van der Waals surface area contributed by atoms with Crippen LogP contribution in [0.5, 0.6) is 11.5 Å². The van der Waals surface area contributed by atoms with Gasteiger partial charge >= 0.3 is 0 Å². The molecule has 4 heteroatoms. The molecule has 0 aliphatic heterocycles. The first-order chi connectivity index (χ1) is 12.8. The Hall–Kier alpha value is -1.71. The minimum absolute atomic E-state index is 0.427. The molecular formula is C22H28ClNO2. The van der Waals surface area contributed by atoms with Crippen molar-refractivity contribution in [2.24, 2.45) is 0 Å². The van der Waals surface area contributed by atoms with Gasteiger partial charge in [-0.05, 0) is 25.0 Å². The lowest BCUT2D eigenvalue weighted by molar-refractivity contribution is 0.280. The third-order valence-electron chi connectivity index (χ3n) is 5.05. The summed E-state index contributed by atoms with van der Waals surface area (Å²) in [5.74, 6) is 1.56. The number of rotatable bonds is 7. The van der Waals surface area contributed by atoms with Crippen molar-refractivity contribution in [1.82, 2.24) is 5.32 Å². The van der Waals surface area contributed by atoms with Crippen LogP contribution in [-0.2, 0) is 13.2 Å². The van der Waals surface area contributed by atoms with Crippen molar-refractivity contribution in [1.29, 1.82) is 0 Å². The summed E-state index contributed by atoms with van der Waals surface area (Å²) in [6, 6.07) is 14.4. The highest BCUT2D eigenvalue weighted by Gasteiger charge is 2.15. The summed E-state index contributed by atoms with van der Waals surface area (Å²) < 4.78 is 11.7. The summed E-state index contributed by atoms with van der Waals surface area (Å²) in [6.07, 6.45) is 7.91. The van der Waals surface area contributed by atoms with E-state index in [9.17, 15) is 0 Å². The van der Waals surface area contributed by atoms with Crippen molar-refractivity contribution in [3.05, 3.63) is 58.6 Å². The van der Waals surface area contributed by atoms with Gasteiger partial charge in [0.2, 0.25) is 0 Å². The zero-order chi connectivity index (χ0) is 18.2. The van der Waals surface area contributed by atoms with E-state index in [1.54, 1.807) is 7.11 Å². The highest BCUT2D eigenvalue weighted by Crippen LogP contribution is 2.32. The second-order valence-electron chi connectivity index (χ2n) is 6.90. The van der Waals surface area contributed by atoms with Gasteiger partial charge in [0.05, 0.1) is 7.11 Å². The minimum atomic E-state index is 0.427. The predicted molar refractivity (Wildman–Crippen MR) is 107 cm³/mol. The van der Waals surface area contributed by atoms with Crippen LogP contribution in [-0.4, -0.2) is 13.2 Å². The molecule has 0 radical (unpaired) electrons. The Morgan fingerprint density at radius 1 is 0.962 bits per heavy atom. The number of hydrogen-bond acceptors (Lipinski definition) is 3. The summed E-state index contributed by atoms with van der Waals surface area (Å²) in [7, 11) is 1.68. The van der Waals surface area contributed by atoms with Crippen molar-refractivity contribution in [2.45, 2.75) is 57.7 Å². The first-order valence-corrected chi connectivity index (χ1v) is 9.91. The Kier molecular flexibility index (Phi) is 7.22. The molecule has 1 aliphatic rings. The van der Waals surface area contributed by atoms with Crippen LogP contribution in [0.4, 0.5) is 0 Å². The maximum absolute atomic E-state index is 6.26. The van der Waals surface area contributed by atoms with E-state index >= 15 is 0 Å². The van der Waals surface area contributed by atoms with E-state index in [0.717, 1.165) is 34.2 Å². The van der Waals surface area contributed by atoms with Gasteiger partial charge in [-0.15, -0.1) is 0 Å². The highest BCUT2D eigenvalue weighted by molar-refractivity contribution is 6.31. The maximum Gasteiger partial charge on any atom is 0.166 e. The van der Waals surface area contributed by atoms with Crippen LogP contribution in [0.2, 0.25) is 5.02 Å². The van der Waals surface area contributed by atoms with Crippen LogP contribution in [0, 0.1) is 0 Å². The van der Waals surface area contributed by atoms with E-state index in [2.05, 4.69) is 11.4 Å². The van der Waals surface area contributed by atoms with E-state index in [4.69, 9.17) is 21.1 Å². The highest BCUT2D eigenvalue weighted by atomic mass is 35.5. The third kappa shape index (κ3) is 5.15. The monoisotopic (exact) mass is 373 g/mol. The number of nitrogens with one attached hydrogen (secondary N) is 1. The van der Waals surface area contributed by atoms with Crippen molar-refractivity contribution in [3.63, 3.8) is 0 Å². The molecule has 26 heavy (non-hydrogen) atoms. The number of ether oxygens (including phenoxy) is 2. The lowest BCUT2D eigenvalue weighted by Gasteiger charge is -2.19. The summed E-state index contributed by atoms with van der Waals surface area (Å²) in [5, 5.41) is 4.44. The number of para-hydroxylation sites is 1. The molecule has 0 amide bonds. The molecule has 1 fully saturated rings. The Balaban J connectivity index is 1.70. The summed E-state index contributed by atoms with van der Waals surface area (Å²) in [5.41, 5.74) is 2.10. The summed E-state index contributed by atoms with van der Waals surface area (Å²) in [6.45, 7) is 1.22. The molecule has 1 saturated carbocycles. The Morgan fingerprint density at radius 3 is 2.42 bits per heavy atom. The molecule has 3 nitrogen and oxygen atoms in total. The van der Waals surface area contributed by atoms with E-state index in [1.807, 2.05) is 36.4 Å². The zero-order valence-electron chi connectivity index (χ0n) is 15.5. The van der Waals surface area contributed by atoms with Gasteiger partial charge < -0.3 is 14.8 Å². The van der Waals surface area contributed by atoms with Crippen LogP contribution >= 0.6 is 11.6 Å². The summed E-state index contributed by atoms with van der Waals surface area (Å²) in [4.78, 5) is 0. The number of benzene rings is 2. The molecule has 1 aliphatic carbocycles. The van der Waals surface area contributed by atoms with E-state index in [0.29, 0.717) is 12.6 Å². The fourth-order valence-electron chi connectivity index (χ4n) is 3.53. The molecule has 3 rings (SSSR count). The largest absolute Gasteiger partial charge is 0.493 e. The second kappa shape index (κ2) is 9.84. The van der Waals surface area contributed by atoms with Gasteiger partial charge in [0.25, 0.3) is 0 Å². The van der Waals surface area contributed by atoms with E-state index in [1.165, 1.54) is 38.5 Å². The molecular weight excluding hydrogens is 346 g/mol. The van der Waals surface area contributed by atoms with Gasteiger partial charge in [-0.3, -0.25) is 0 Å². The van der Waals surface area contributed by atoms with Gasteiger partial charge in [0, 0.05) is 28.7 Å². The van der Waals surface area contributed by atoms with Gasteiger partial charge in [-0.1, -0.05) is 67.6 Å². The zero-order valence-corrected chi connectivity index (χ0v) is 16.2. The topological polar surface area (TPSA) is 30.5 Å². The fraction of sp³-hybridized carbons (Fsp3) is 0.455. The van der Waals surface area contributed by atoms with Gasteiger partial charge in [0.15, 0.2) is 11.5 Å². The molecule has 0 saturated heterocycles. The Morgan fingerprint density at radius 2 is 1.69 bits per heavy atom. The van der Waals surface area contributed by atoms with Crippen molar-refractivity contribution >= 4 is 11.6 Å². The lowest BCUT2D eigenvalue weighted by atomic mass is 10.1. The molecule has 0 aromatic heterocycles. The van der Waals surface area contributed by atoms with Crippen LogP contribution in [0.25, 0.3) is 0 Å². The smallest absolute Gasteiger partial charge is 0.166 e. The number of halogens is 1. The van der Waals surface area contributed by atoms with Crippen molar-refractivity contribution in [3.8, 4) is 11.5 Å². The average Bonchev–Trinajstić information content (AvgIpc) is 2.94. The van der Waals surface area contributed by atoms with Crippen LogP contribution in [0.15, 0.2) is 42.5 Å². The predicted octanol–water partition coefficient (Wildman–Crippen LogP) is 5.74. The summed E-state index contributed by atoms with van der Waals surface area (Å²) >= 11 is 6.26. The molecule has 2 aromatic carbocycles. The third-order valence-corrected chi connectivity index (χ3v) is 5.42. The molecule has 0 bridgehead atoms. The van der Waals surface area contributed by atoms with Crippen LogP contribution < -0.4 is 14.8 Å². The maximum atomic E-state index is 6.26. The normalized spacial score (nSPS) is 15.5. The molecule has 1 N–H and O–H groups in total. The Labute approximate surface area is 161 Å². The molecule has 0 atom stereocenters. The van der Waals surface area contributed by atoms with Gasteiger partial charge in [0.1, 0.15) is 6.61 Å². The van der Waals surface area contributed by atoms with E-state index < -0.39 is 0 Å². The molecule has 0 spiro atoms. The fourth-order valence-corrected chi connectivity index (χ4v) is 3.72. The van der Waals surface area contributed by atoms with Crippen molar-refractivity contribution in [2.75, 3.05) is 7.11 Å². The second-order valence-corrected chi connectivity index (χ2v) is 7.31. The quantitative estimate of drug-likeness (QED) is 0.627. The molecule has 2 aromatic rings. The standard InChI is InChI=1S/C22H28ClNO2/c1-25-21-14-8-10-17(15-24-19-11-4-2-3-5-12-19)22(21)26-16-18-9-6-7-13-20(18)23/h6-10,13-14,19,24H,2-5,11-12,15-16H2,1H3. The number of methoxy groups -OCH3 is 1. The lowest BCUT2D eigenvalue weighted by Crippen LogP contribution is -2.28. The first-order valence-electron chi connectivity index (χ1n) is 9.53. The SMILES string of the molecule is COc1cccc(CNC2CCCCCC2)c1OCc1ccccc1Cl. The molecule has 140 valence electrons. The first kappa shape index (κ1) is 19.1. The van der Waals surface area contributed by atoms with Crippen LogP contribution in [0.3, 0.4) is 0 Å². The van der Waals surface area contributed by atoms with Gasteiger partial charge in [-0.25, -0.2) is 0 Å².